The minimum atomic E-state index is -0.119. The summed E-state index contributed by atoms with van der Waals surface area (Å²) in [5, 5.41) is 13.0. The van der Waals surface area contributed by atoms with Crippen LogP contribution in [0.3, 0.4) is 0 Å². The van der Waals surface area contributed by atoms with Crippen LogP contribution in [0.2, 0.25) is 0 Å². The van der Waals surface area contributed by atoms with Crippen LogP contribution in [0.15, 0.2) is 0 Å². The predicted molar refractivity (Wildman–Crippen MR) is 62.0 cm³/mol. The number of rotatable bonds is 8. The second-order valence-corrected chi connectivity index (χ2v) is 4.38. The van der Waals surface area contributed by atoms with Crippen molar-refractivity contribution in [1.29, 1.82) is 0 Å². The molecule has 0 unspecified atom stereocenters. The minimum absolute atomic E-state index is 0.119. The van der Waals surface area contributed by atoms with Gasteiger partial charge >= 0.3 is 0 Å². The molecule has 0 bridgehead atoms. The van der Waals surface area contributed by atoms with Crippen LogP contribution in [0.4, 0.5) is 0 Å². The average molecular weight is 215 g/mol. The van der Waals surface area contributed by atoms with E-state index in [1.807, 2.05) is 0 Å². The molecular weight excluding hydrogens is 190 g/mol. The number of ether oxygens (including phenoxy) is 1. The highest BCUT2D eigenvalue weighted by atomic mass is 16.5. The zero-order valence-electron chi connectivity index (χ0n) is 9.87. The molecule has 0 aromatic heterocycles. The summed E-state index contributed by atoms with van der Waals surface area (Å²) < 4.78 is 5.46. The maximum atomic E-state index is 9.57. The highest BCUT2D eigenvalue weighted by Crippen LogP contribution is 2.18. The molecule has 3 heteroatoms. The Kier molecular flexibility index (Phi) is 6.98. The van der Waals surface area contributed by atoms with Gasteiger partial charge in [0.05, 0.1) is 6.10 Å². The molecule has 0 heterocycles. The van der Waals surface area contributed by atoms with Gasteiger partial charge in [-0.1, -0.05) is 13.3 Å². The summed E-state index contributed by atoms with van der Waals surface area (Å²) in [5.74, 6) is 0. The van der Waals surface area contributed by atoms with Gasteiger partial charge in [-0.3, -0.25) is 0 Å². The van der Waals surface area contributed by atoms with Crippen molar-refractivity contribution in [2.75, 3.05) is 19.8 Å². The number of hydrogen-bond donors (Lipinski definition) is 2. The second-order valence-electron chi connectivity index (χ2n) is 4.38. The van der Waals surface area contributed by atoms with Gasteiger partial charge < -0.3 is 15.2 Å². The monoisotopic (exact) mass is 215 g/mol. The summed E-state index contributed by atoms with van der Waals surface area (Å²) in [7, 11) is 0. The normalized spacial score (nSPS) is 26.0. The van der Waals surface area contributed by atoms with Crippen LogP contribution in [0.5, 0.6) is 0 Å². The number of aliphatic hydroxyl groups is 1. The second kappa shape index (κ2) is 8.08. The van der Waals surface area contributed by atoms with Crippen LogP contribution in [0.25, 0.3) is 0 Å². The lowest BCUT2D eigenvalue weighted by molar-refractivity contribution is 0.122. The smallest absolute Gasteiger partial charge is 0.0693 e. The standard InChI is InChI=1S/C12H25NO2/c1-2-3-9-15-10-5-8-13-11-6-4-7-12(11)14/h11-14H,2-10H2,1H3/t11-,12-/m0/s1. The zero-order valence-corrected chi connectivity index (χ0v) is 9.87. The Bertz CT molecular complexity index is 153. The molecule has 0 saturated heterocycles. The third-order valence-corrected chi connectivity index (χ3v) is 2.99. The van der Waals surface area contributed by atoms with E-state index in [2.05, 4.69) is 12.2 Å². The fraction of sp³-hybridized carbons (Fsp3) is 1.00. The van der Waals surface area contributed by atoms with Gasteiger partial charge in [0.25, 0.3) is 0 Å². The van der Waals surface area contributed by atoms with Crippen LogP contribution in [-0.4, -0.2) is 37.0 Å². The van der Waals surface area contributed by atoms with Crippen molar-refractivity contribution in [3.05, 3.63) is 0 Å². The fourth-order valence-electron chi connectivity index (χ4n) is 1.99. The van der Waals surface area contributed by atoms with Crippen molar-refractivity contribution in [3.8, 4) is 0 Å². The summed E-state index contributed by atoms with van der Waals surface area (Å²) in [5.41, 5.74) is 0. The molecule has 0 aliphatic heterocycles. The largest absolute Gasteiger partial charge is 0.392 e. The van der Waals surface area contributed by atoms with Gasteiger partial charge in [0.1, 0.15) is 0 Å². The Balaban J connectivity index is 1.84. The predicted octanol–water partition coefficient (Wildman–Crippen LogP) is 1.70. The van der Waals surface area contributed by atoms with E-state index in [-0.39, 0.29) is 6.10 Å². The Morgan fingerprint density at radius 3 is 2.73 bits per heavy atom. The van der Waals surface area contributed by atoms with Gasteiger partial charge in [0.2, 0.25) is 0 Å². The van der Waals surface area contributed by atoms with E-state index in [1.165, 1.54) is 6.42 Å². The Hall–Kier alpha value is -0.120. The molecule has 0 radical (unpaired) electrons. The van der Waals surface area contributed by atoms with Crippen LogP contribution in [-0.2, 0) is 4.74 Å². The van der Waals surface area contributed by atoms with E-state index >= 15 is 0 Å². The van der Waals surface area contributed by atoms with Crippen molar-refractivity contribution >= 4 is 0 Å². The number of nitrogens with one attached hydrogen (secondary N) is 1. The highest BCUT2D eigenvalue weighted by Gasteiger charge is 2.23. The minimum Gasteiger partial charge on any atom is -0.392 e. The van der Waals surface area contributed by atoms with Gasteiger partial charge in [-0.05, 0) is 38.6 Å². The van der Waals surface area contributed by atoms with E-state index in [0.717, 1.165) is 51.9 Å². The lowest BCUT2D eigenvalue weighted by Gasteiger charge is -2.16. The van der Waals surface area contributed by atoms with Crippen LogP contribution < -0.4 is 5.32 Å². The molecule has 90 valence electrons. The molecule has 1 rings (SSSR count). The van der Waals surface area contributed by atoms with E-state index in [4.69, 9.17) is 4.74 Å². The molecule has 0 aromatic rings. The summed E-state index contributed by atoms with van der Waals surface area (Å²) in [6, 6.07) is 0.334. The van der Waals surface area contributed by atoms with Crippen molar-refractivity contribution in [2.45, 2.75) is 57.6 Å². The third kappa shape index (κ3) is 5.50. The third-order valence-electron chi connectivity index (χ3n) is 2.99. The van der Waals surface area contributed by atoms with E-state index < -0.39 is 0 Å². The first-order chi connectivity index (χ1) is 7.34. The molecule has 2 atom stereocenters. The summed E-state index contributed by atoms with van der Waals surface area (Å²) in [6.45, 7) is 4.87. The van der Waals surface area contributed by atoms with Crippen molar-refractivity contribution in [3.63, 3.8) is 0 Å². The first kappa shape index (κ1) is 12.9. The van der Waals surface area contributed by atoms with Crippen molar-refractivity contribution < 1.29 is 9.84 Å². The van der Waals surface area contributed by atoms with Crippen LogP contribution >= 0.6 is 0 Å². The molecule has 0 amide bonds. The van der Waals surface area contributed by atoms with Gasteiger partial charge in [0.15, 0.2) is 0 Å². The van der Waals surface area contributed by atoms with Gasteiger partial charge in [-0.25, -0.2) is 0 Å². The Labute approximate surface area is 93.2 Å². The number of aliphatic hydroxyl groups excluding tert-OH is 1. The van der Waals surface area contributed by atoms with Crippen molar-refractivity contribution in [2.24, 2.45) is 0 Å². The summed E-state index contributed by atoms with van der Waals surface area (Å²) in [4.78, 5) is 0. The Morgan fingerprint density at radius 1 is 1.27 bits per heavy atom. The molecule has 1 fully saturated rings. The fourth-order valence-corrected chi connectivity index (χ4v) is 1.99. The van der Waals surface area contributed by atoms with Gasteiger partial charge in [0, 0.05) is 19.3 Å². The first-order valence-electron chi connectivity index (χ1n) is 6.33. The topological polar surface area (TPSA) is 41.5 Å². The molecule has 2 N–H and O–H groups in total. The molecule has 1 saturated carbocycles. The lowest BCUT2D eigenvalue weighted by atomic mass is 10.2. The maximum absolute atomic E-state index is 9.57. The quantitative estimate of drug-likeness (QED) is 0.606. The molecule has 15 heavy (non-hydrogen) atoms. The molecular formula is C12H25NO2. The van der Waals surface area contributed by atoms with Crippen LogP contribution in [0, 0.1) is 0 Å². The van der Waals surface area contributed by atoms with Gasteiger partial charge in [-0.2, -0.15) is 0 Å². The van der Waals surface area contributed by atoms with Crippen LogP contribution in [0.1, 0.15) is 45.4 Å². The average Bonchev–Trinajstić information content (AvgIpc) is 2.63. The maximum Gasteiger partial charge on any atom is 0.0693 e. The molecule has 1 aliphatic rings. The molecule has 0 aromatic carbocycles. The molecule has 1 aliphatic carbocycles. The zero-order chi connectivity index (χ0) is 10.9. The van der Waals surface area contributed by atoms with E-state index in [0.29, 0.717) is 6.04 Å². The Morgan fingerprint density at radius 2 is 2.07 bits per heavy atom. The molecule has 3 nitrogen and oxygen atoms in total. The molecule has 0 spiro atoms. The van der Waals surface area contributed by atoms with Gasteiger partial charge in [-0.15, -0.1) is 0 Å². The van der Waals surface area contributed by atoms with Crippen molar-refractivity contribution in [1.82, 2.24) is 5.32 Å². The summed E-state index contributed by atoms with van der Waals surface area (Å²) >= 11 is 0. The first-order valence-corrected chi connectivity index (χ1v) is 6.33. The van der Waals surface area contributed by atoms with E-state index in [1.54, 1.807) is 0 Å². The SMILES string of the molecule is CCCCOCCCN[C@H]1CCC[C@@H]1O. The van der Waals surface area contributed by atoms with E-state index in [9.17, 15) is 5.11 Å². The highest BCUT2D eigenvalue weighted by molar-refractivity contribution is 4.82. The number of hydrogen-bond acceptors (Lipinski definition) is 3. The number of unbranched alkanes of at least 4 members (excludes halogenated alkanes) is 1. The lowest BCUT2D eigenvalue weighted by Crippen LogP contribution is -2.36. The summed E-state index contributed by atoms with van der Waals surface area (Å²) in [6.07, 6.45) is 6.54.